The zero-order chi connectivity index (χ0) is 29.4. The molecule has 4 rings (SSSR count). The lowest BCUT2D eigenvalue weighted by Crippen LogP contribution is -2.52. The van der Waals surface area contributed by atoms with E-state index in [-0.39, 0.29) is 57.7 Å². The van der Waals surface area contributed by atoms with E-state index >= 15 is 0 Å². The van der Waals surface area contributed by atoms with E-state index in [0.717, 1.165) is 10.0 Å². The molecule has 3 N–H and O–H groups in total. The molecule has 0 unspecified atom stereocenters. The van der Waals surface area contributed by atoms with Gasteiger partial charge in [0.1, 0.15) is 30.6 Å². The Morgan fingerprint density at radius 2 is 1.90 bits per heavy atom. The summed E-state index contributed by atoms with van der Waals surface area (Å²) in [5, 5.41) is 15.3. The summed E-state index contributed by atoms with van der Waals surface area (Å²) in [6, 6.07) is 15.7. The third-order valence-electron chi connectivity index (χ3n) is 6.76. The number of benzene rings is 2. The van der Waals surface area contributed by atoms with Crippen LogP contribution in [-0.2, 0) is 30.4 Å². The van der Waals surface area contributed by atoms with Crippen LogP contribution >= 0.6 is 15.9 Å². The standard InChI is InChI=1S/C29H36BrN3O8/c1-29(2)40-23-15-33(24(35)11-12-31-28(37)39-17-19-7-4-3-5-8-19)25(26(23)41-29)27(36)32-14-20(16-34)18-38-22-10-6-9-21(30)13-22/h3-10,13,20,23,25-26,34H,11-12,14-18H2,1-2H3,(H,31,37)(H,32,36)/t20-,23+,25+,26+/m0/s1. The van der Waals surface area contributed by atoms with Gasteiger partial charge in [-0.05, 0) is 37.6 Å². The highest BCUT2D eigenvalue weighted by molar-refractivity contribution is 9.10. The molecule has 0 spiro atoms. The highest BCUT2D eigenvalue weighted by atomic mass is 79.9. The fourth-order valence-corrected chi connectivity index (χ4v) is 5.17. The molecule has 2 aliphatic rings. The molecule has 0 aliphatic carbocycles. The van der Waals surface area contributed by atoms with Gasteiger partial charge >= 0.3 is 6.09 Å². The van der Waals surface area contributed by atoms with Crippen molar-refractivity contribution in [2.24, 2.45) is 5.92 Å². The van der Waals surface area contributed by atoms with E-state index in [2.05, 4.69) is 26.6 Å². The summed E-state index contributed by atoms with van der Waals surface area (Å²) in [4.78, 5) is 40.1. The number of nitrogens with zero attached hydrogens (tertiary/aromatic N) is 1. The van der Waals surface area contributed by atoms with Crippen molar-refractivity contribution in [1.82, 2.24) is 15.5 Å². The van der Waals surface area contributed by atoms with Crippen LogP contribution in [0.25, 0.3) is 0 Å². The van der Waals surface area contributed by atoms with E-state index < -0.39 is 36.0 Å². The van der Waals surface area contributed by atoms with Crippen LogP contribution in [0.1, 0.15) is 25.8 Å². The lowest BCUT2D eigenvalue weighted by Gasteiger charge is -2.29. The number of amides is 3. The Bertz CT molecular complexity index is 1200. The van der Waals surface area contributed by atoms with Crippen molar-refractivity contribution in [3.05, 3.63) is 64.6 Å². The van der Waals surface area contributed by atoms with Crippen LogP contribution in [0, 0.1) is 5.92 Å². The predicted molar refractivity (Wildman–Crippen MR) is 152 cm³/mol. The number of ether oxygens (including phenoxy) is 4. The molecule has 4 atom stereocenters. The van der Waals surface area contributed by atoms with Gasteiger partial charge in [0, 0.05) is 29.9 Å². The Labute approximate surface area is 247 Å². The normalized spacial score (nSPS) is 21.6. The smallest absolute Gasteiger partial charge is 0.407 e. The second kappa shape index (κ2) is 14.1. The molecule has 2 saturated heterocycles. The van der Waals surface area contributed by atoms with Gasteiger partial charge in [-0.3, -0.25) is 9.59 Å². The number of carbonyl (C=O) groups is 3. The molecule has 11 nitrogen and oxygen atoms in total. The number of rotatable bonds is 12. The van der Waals surface area contributed by atoms with E-state index in [4.69, 9.17) is 18.9 Å². The van der Waals surface area contributed by atoms with Crippen LogP contribution in [-0.4, -0.2) is 84.8 Å². The highest BCUT2D eigenvalue weighted by Crippen LogP contribution is 2.37. The Kier molecular flexibility index (Phi) is 10.6. The van der Waals surface area contributed by atoms with Gasteiger partial charge in [-0.25, -0.2) is 4.79 Å². The van der Waals surface area contributed by atoms with Crippen LogP contribution in [0.15, 0.2) is 59.1 Å². The Balaban J connectivity index is 1.29. The van der Waals surface area contributed by atoms with E-state index in [1.807, 2.05) is 48.5 Å². The number of halogens is 1. The van der Waals surface area contributed by atoms with E-state index in [1.54, 1.807) is 19.9 Å². The van der Waals surface area contributed by atoms with Crippen LogP contribution in [0.5, 0.6) is 5.75 Å². The summed E-state index contributed by atoms with van der Waals surface area (Å²) in [6.45, 7) is 3.98. The Hall–Kier alpha value is -3.19. The number of hydrogen-bond acceptors (Lipinski definition) is 8. The molecular formula is C29H36BrN3O8. The van der Waals surface area contributed by atoms with Crippen molar-refractivity contribution in [2.45, 2.75) is 50.9 Å². The largest absolute Gasteiger partial charge is 0.493 e. The van der Waals surface area contributed by atoms with E-state index in [0.29, 0.717) is 5.75 Å². The molecule has 0 bridgehead atoms. The minimum absolute atomic E-state index is 0.0349. The molecule has 12 heteroatoms. The van der Waals surface area contributed by atoms with E-state index in [1.165, 1.54) is 4.90 Å². The quantitative estimate of drug-likeness (QED) is 0.325. The molecule has 2 aromatic rings. The van der Waals surface area contributed by atoms with Crippen molar-refractivity contribution in [3.63, 3.8) is 0 Å². The lowest BCUT2D eigenvalue weighted by molar-refractivity contribution is -0.170. The maximum Gasteiger partial charge on any atom is 0.407 e. The van der Waals surface area contributed by atoms with Crippen molar-refractivity contribution in [3.8, 4) is 5.75 Å². The first-order valence-corrected chi connectivity index (χ1v) is 14.3. The maximum absolute atomic E-state index is 13.4. The Morgan fingerprint density at radius 1 is 1.12 bits per heavy atom. The number of aliphatic hydroxyl groups is 1. The maximum atomic E-state index is 13.4. The molecule has 3 amide bonds. The zero-order valence-electron chi connectivity index (χ0n) is 23.1. The minimum Gasteiger partial charge on any atom is -0.493 e. The number of alkyl carbamates (subject to hydrolysis) is 1. The van der Waals surface area contributed by atoms with Crippen molar-refractivity contribution < 1.29 is 38.4 Å². The number of likely N-dealkylation sites (tertiary alicyclic amines) is 1. The number of hydrogen-bond donors (Lipinski definition) is 3. The number of aliphatic hydroxyl groups excluding tert-OH is 1. The lowest BCUT2D eigenvalue weighted by atomic mass is 10.1. The van der Waals surface area contributed by atoms with Gasteiger partial charge in [-0.2, -0.15) is 0 Å². The summed E-state index contributed by atoms with van der Waals surface area (Å²) in [6.07, 6.45) is -1.79. The van der Waals surface area contributed by atoms with Gasteiger partial charge < -0.3 is 39.6 Å². The zero-order valence-corrected chi connectivity index (χ0v) is 24.7. The van der Waals surface area contributed by atoms with Crippen LogP contribution in [0.4, 0.5) is 4.79 Å². The molecule has 41 heavy (non-hydrogen) atoms. The Morgan fingerprint density at radius 3 is 2.63 bits per heavy atom. The fraction of sp³-hybridized carbons (Fsp3) is 0.483. The molecule has 0 saturated carbocycles. The van der Waals surface area contributed by atoms with Gasteiger partial charge in [-0.1, -0.05) is 52.3 Å². The molecule has 0 radical (unpaired) electrons. The van der Waals surface area contributed by atoms with Gasteiger partial charge in [0.15, 0.2) is 5.79 Å². The summed E-state index contributed by atoms with van der Waals surface area (Å²) in [5.41, 5.74) is 0.849. The predicted octanol–water partition coefficient (Wildman–Crippen LogP) is 2.60. The third kappa shape index (κ3) is 8.65. The van der Waals surface area contributed by atoms with E-state index in [9.17, 15) is 19.5 Å². The van der Waals surface area contributed by atoms with Crippen LogP contribution in [0.3, 0.4) is 0 Å². The monoisotopic (exact) mass is 633 g/mol. The SMILES string of the molecule is CC1(C)O[C@@H]2[C@@H](CN(C(=O)CCNC(=O)OCc3ccccc3)[C@H]2C(=O)NC[C@@H](CO)COc2cccc(Br)c2)O1. The topological polar surface area (TPSA) is 136 Å². The molecule has 222 valence electrons. The molecule has 2 aromatic carbocycles. The molecule has 2 fully saturated rings. The molecule has 2 heterocycles. The second-order valence-electron chi connectivity index (χ2n) is 10.4. The van der Waals surface area contributed by atoms with Crippen LogP contribution < -0.4 is 15.4 Å². The van der Waals surface area contributed by atoms with Crippen molar-refractivity contribution in [1.29, 1.82) is 0 Å². The number of nitrogens with one attached hydrogen (secondary N) is 2. The van der Waals surface area contributed by atoms with Crippen LogP contribution in [0.2, 0.25) is 0 Å². The first-order valence-electron chi connectivity index (χ1n) is 13.5. The van der Waals surface area contributed by atoms with Crippen molar-refractivity contribution >= 4 is 33.8 Å². The average molecular weight is 635 g/mol. The van der Waals surface area contributed by atoms with Gasteiger partial charge in [-0.15, -0.1) is 0 Å². The molecule has 2 aliphatic heterocycles. The second-order valence-corrected chi connectivity index (χ2v) is 11.3. The minimum atomic E-state index is -0.926. The number of carbonyl (C=O) groups excluding carboxylic acids is 3. The first kappa shape index (κ1) is 30.8. The fourth-order valence-electron chi connectivity index (χ4n) is 4.79. The van der Waals surface area contributed by atoms with Gasteiger partial charge in [0.05, 0.1) is 19.8 Å². The first-order chi connectivity index (χ1) is 19.6. The van der Waals surface area contributed by atoms with Crippen molar-refractivity contribution in [2.75, 3.05) is 32.8 Å². The highest BCUT2D eigenvalue weighted by Gasteiger charge is 2.56. The summed E-state index contributed by atoms with van der Waals surface area (Å²) < 4.78 is 23.8. The summed E-state index contributed by atoms with van der Waals surface area (Å²) in [7, 11) is 0. The van der Waals surface area contributed by atoms with Gasteiger partial charge in [0.2, 0.25) is 11.8 Å². The number of fused-ring (bicyclic) bond motifs is 1. The summed E-state index contributed by atoms with van der Waals surface area (Å²) >= 11 is 3.39. The van der Waals surface area contributed by atoms with Gasteiger partial charge in [0.25, 0.3) is 0 Å². The average Bonchev–Trinajstić information content (AvgIpc) is 3.44. The summed E-state index contributed by atoms with van der Waals surface area (Å²) in [5.74, 6) is -1.37. The molecule has 0 aromatic heterocycles. The third-order valence-corrected chi connectivity index (χ3v) is 7.25. The molecular weight excluding hydrogens is 598 g/mol.